The molecule has 2 amide bonds. The number of amides is 2. The summed E-state index contributed by atoms with van der Waals surface area (Å²) in [6.07, 6.45) is 6.90. The van der Waals surface area contributed by atoms with Gasteiger partial charge < -0.3 is 10.2 Å². The molecule has 0 radical (unpaired) electrons. The first-order valence-electron chi connectivity index (χ1n) is 9.70. The van der Waals surface area contributed by atoms with Gasteiger partial charge in [-0.1, -0.05) is 25.3 Å². The molecule has 1 saturated heterocycles. The number of aryl methyl sites for hydroxylation is 1. The summed E-state index contributed by atoms with van der Waals surface area (Å²) in [6, 6.07) is 4.79. The zero-order valence-electron chi connectivity index (χ0n) is 16.3. The van der Waals surface area contributed by atoms with Gasteiger partial charge in [0.25, 0.3) is 11.1 Å². The van der Waals surface area contributed by atoms with Crippen LogP contribution in [0.25, 0.3) is 6.08 Å². The summed E-state index contributed by atoms with van der Waals surface area (Å²) < 4.78 is 1.63. The van der Waals surface area contributed by atoms with Crippen LogP contribution in [-0.2, 0) is 4.79 Å². The van der Waals surface area contributed by atoms with Crippen molar-refractivity contribution < 1.29 is 19.8 Å². The van der Waals surface area contributed by atoms with Gasteiger partial charge in [0.1, 0.15) is 11.4 Å². The molecule has 3 N–H and O–H groups in total. The van der Waals surface area contributed by atoms with E-state index in [1.807, 2.05) is 0 Å². The van der Waals surface area contributed by atoms with Crippen molar-refractivity contribution in [3.05, 3.63) is 34.4 Å². The quantitative estimate of drug-likeness (QED) is 0.473. The molecule has 0 atom stereocenters. The maximum Gasteiger partial charge on any atom is 0.290 e. The van der Waals surface area contributed by atoms with Crippen LogP contribution in [0.2, 0.25) is 0 Å². The number of thioether (sulfide) groups is 1. The summed E-state index contributed by atoms with van der Waals surface area (Å²) >= 11 is 0.804. The molecule has 1 aromatic heterocycles. The van der Waals surface area contributed by atoms with Crippen LogP contribution >= 0.6 is 11.8 Å². The second-order valence-corrected chi connectivity index (χ2v) is 8.31. The van der Waals surface area contributed by atoms with Crippen molar-refractivity contribution in [3.63, 3.8) is 0 Å². The molecule has 0 bridgehead atoms. The second-order valence-electron chi connectivity index (χ2n) is 7.29. The average molecular weight is 427 g/mol. The number of nitrogens with one attached hydrogen (secondary N) is 1. The Morgan fingerprint density at radius 1 is 1.20 bits per heavy atom. The Bertz CT molecular complexity index is 1070. The highest BCUT2D eigenvalue weighted by molar-refractivity contribution is 8.18. The second kappa shape index (κ2) is 8.31. The van der Waals surface area contributed by atoms with Crippen molar-refractivity contribution in [1.29, 1.82) is 0 Å². The molecule has 10 heteroatoms. The van der Waals surface area contributed by atoms with Crippen molar-refractivity contribution in [2.75, 3.05) is 0 Å². The van der Waals surface area contributed by atoms with Crippen molar-refractivity contribution in [3.8, 4) is 11.6 Å². The molecule has 1 aliphatic carbocycles. The first kappa shape index (κ1) is 20.1. The number of benzene rings is 1. The number of hydrogen-bond donors (Lipinski definition) is 3. The Kier molecular flexibility index (Phi) is 5.58. The van der Waals surface area contributed by atoms with Crippen LogP contribution < -0.4 is 5.32 Å². The Hall–Kier alpha value is -3.14. The largest absolute Gasteiger partial charge is 0.506 e. The predicted molar refractivity (Wildman–Crippen MR) is 112 cm³/mol. The normalized spacial score (nSPS) is 19.2. The van der Waals surface area contributed by atoms with E-state index in [0.717, 1.165) is 37.4 Å². The maximum absolute atomic E-state index is 11.6. The molecular formula is C20H21N5O4S. The highest BCUT2D eigenvalue weighted by Gasteiger charge is 2.25. The summed E-state index contributed by atoms with van der Waals surface area (Å²) in [4.78, 5) is 23.1. The van der Waals surface area contributed by atoms with Gasteiger partial charge in [0.2, 0.25) is 5.88 Å². The molecule has 9 nitrogen and oxygen atoms in total. The van der Waals surface area contributed by atoms with E-state index in [0.29, 0.717) is 11.3 Å². The van der Waals surface area contributed by atoms with Crippen molar-refractivity contribution >= 4 is 40.4 Å². The van der Waals surface area contributed by atoms with Crippen molar-refractivity contribution in [2.24, 2.45) is 10.2 Å². The zero-order valence-corrected chi connectivity index (χ0v) is 17.1. The first-order chi connectivity index (χ1) is 14.4. The zero-order chi connectivity index (χ0) is 21.3. The van der Waals surface area contributed by atoms with Crippen LogP contribution in [0.4, 0.5) is 16.2 Å². The van der Waals surface area contributed by atoms with Crippen LogP contribution in [0.1, 0.15) is 49.4 Å². The first-order valence-corrected chi connectivity index (χ1v) is 10.5. The van der Waals surface area contributed by atoms with Crippen molar-refractivity contribution in [2.45, 2.75) is 45.1 Å². The lowest BCUT2D eigenvalue weighted by molar-refractivity contribution is -0.115. The molecule has 156 valence electrons. The molecular weight excluding hydrogens is 406 g/mol. The topological polar surface area (TPSA) is 129 Å². The van der Waals surface area contributed by atoms with Crippen LogP contribution in [0, 0.1) is 6.92 Å². The third kappa shape index (κ3) is 4.09. The smallest absolute Gasteiger partial charge is 0.290 e. The molecule has 1 aliphatic heterocycles. The van der Waals surface area contributed by atoms with E-state index in [4.69, 9.17) is 0 Å². The summed E-state index contributed by atoms with van der Waals surface area (Å²) in [5.74, 6) is -0.619. The molecule has 2 aliphatic rings. The van der Waals surface area contributed by atoms with Crippen LogP contribution in [0.5, 0.6) is 11.6 Å². The fourth-order valence-corrected chi connectivity index (χ4v) is 4.30. The Morgan fingerprint density at radius 3 is 2.63 bits per heavy atom. The molecule has 2 heterocycles. The van der Waals surface area contributed by atoms with Gasteiger partial charge in [0.05, 0.1) is 16.6 Å². The Morgan fingerprint density at radius 2 is 1.97 bits per heavy atom. The van der Waals surface area contributed by atoms with Gasteiger partial charge in [-0.2, -0.15) is 5.10 Å². The highest BCUT2D eigenvalue weighted by Crippen LogP contribution is 2.39. The summed E-state index contributed by atoms with van der Waals surface area (Å²) in [5.41, 5.74) is 1.60. The van der Waals surface area contributed by atoms with Gasteiger partial charge in [-0.3, -0.25) is 14.9 Å². The SMILES string of the molecule is Cc1nn(C2CCCCC2)c(O)c1/N=N/c1ccc(/C=C2\SC(=O)NC2=O)cc1O. The van der Waals surface area contributed by atoms with Gasteiger partial charge in [-0.05, 0) is 55.3 Å². The highest BCUT2D eigenvalue weighted by atomic mass is 32.2. The molecule has 0 spiro atoms. The molecule has 2 aromatic rings. The minimum atomic E-state index is -0.464. The lowest BCUT2D eigenvalue weighted by atomic mass is 9.96. The number of aromatic nitrogens is 2. The fourth-order valence-electron chi connectivity index (χ4n) is 3.61. The van der Waals surface area contributed by atoms with E-state index in [2.05, 4.69) is 20.6 Å². The van der Waals surface area contributed by atoms with Crippen LogP contribution in [-0.4, -0.2) is 31.1 Å². The number of nitrogens with zero attached hydrogens (tertiary/aromatic N) is 4. The summed E-state index contributed by atoms with van der Waals surface area (Å²) in [7, 11) is 0. The fraction of sp³-hybridized carbons (Fsp3) is 0.350. The number of carbonyl (C=O) groups excluding carboxylic acids is 2. The van der Waals surface area contributed by atoms with E-state index in [9.17, 15) is 19.8 Å². The van der Waals surface area contributed by atoms with Crippen molar-refractivity contribution in [1.82, 2.24) is 15.1 Å². The van der Waals surface area contributed by atoms with E-state index >= 15 is 0 Å². The number of aromatic hydroxyl groups is 2. The maximum atomic E-state index is 11.6. The van der Waals surface area contributed by atoms with Gasteiger partial charge in [0, 0.05) is 0 Å². The number of imide groups is 1. The number of phenolic OH excluding ortho intramolecular Hbond substituents is 1. The Balaban J connectivity index is 1.55. The molecule has 1 aromatic carbocycles. The predicted octanol–water partition coefficient (Wildman–Crippen LogP) is 4.85. The summed E-state index contributed by atoms with van der Waals surface area (Å²) in [6.45, 7) is 1.76. The number of azo groups is 1. The molecule has 0 unspecified atom stereocenters. The minimum absolute atomic E-state index is 0.0158. The molecule has 4 rings (SSSR count). The number of rotatable bonds is 4. The van der Waals surface area contributed by atoms with Gasteiger partial charge in [-0.15, -0.1) is 10.2 Å². The van der Waals surface area contributed by atoms with Gasteiger partial charge in [0.15, 0.2) is 5.69 Å². The third-order valence-corrected chi connectivity index (χ3v) is 5.96. The lowest BCUT2D eigenvalue weighted by Gasteiger charge is -2.22. The molecule has 1 saturated carbocycles. The van der Waals surface area contributed by atoms with Crippen LogP contribution in [0.3, 0.4) is 0 Å². The van der Waals surface area contributed by atoms with E-state index in [-0.39, 0.29) is 34.0 Å². The van der Waals surface area contributed by atoms with E-state index in [1.165, 1.54) is 18.6 Å². The van der Waals surface area contributed by atoms with E-state index < -0.39 is 11.1 Å². The Labute approximate surface area is 176 Å². The summed E-state index contributed by atoms with van der Waals surface area (Å²) in [5, 5.41) is 35.2. The van der Waals surface area contributed by atoms with Gasteiger partial charge >= 0.3 is 0 Å². The van der Waals surface area contributed by atoms with E-state index in [1.54, 1.807) is 23.7 Å². The van der Waals surface area contributed by atoms with Gasteiger partial charge in [-0.25, -0.2) is 4.68 Å². The lowest BCUT2D eigenvalue weighted by Crippen LogP contribution is -2.17. The number of carbonyl (C=O) groups is 2. The molecule has 2 fully saturated rings. The standard InChI is InChI=1S/C20H21N5O4S/c1-11-17(19(28)25(24-11)13-5-3-2-4-6-13)23-22-14-8-7-12(9-15(14)26)10-16-18(27)21-20(29)30-16/h7-10,13,26,28H,2-6H2,1H3,(H,21,27,29)/b16-10-,23-22+. The number of hydrogen-bond acceptors (Lipinski definition) is 8. The monoisotopic (exact) mass is 427 g/mol. The van der Waals surface area contributed by atoms with Crippen LogP contribution in [0.15, 0.2) is 33.3 Å². The average Bonchev–Trinajstić information content (AvgIpc) is 3.19. The third-order valence-electron chi connectivity index (χ3n) is 5.15. The molecule has 30 heavy (non-hydrogen) atoms. The number of phenols is 1. The minimum Gasteiger partial charge on any atom is -0.506 e.